The van der Waals surface area contributed by atoms with Crippen LogP contribution in [0.3, 0.4) is 0 Å². The molecule has 0 aliphatic carbocycles. The van der Waals surface area contributed by atoms with Gasteiger partial charge in [-0.15, -0.1) is 0 Å². The number of ether oxygens (including phenoxy) is 2. The number of methoxy groups -OCH3 is 1. The Morgan fingerprint density at radius 1 is 1.23 bits per heavy atom. The van der Waals surface area contributed by atoms with E-state index in [1.165, 1.54) is 38.4 Å². The average Bonchev–Trinajstić information content (AvgIpc) is 2.99. The van der Waals surface area contributed by atoms with Crippen LogP contribution in [-0.2, 0) is 9.59 Å². The molecule has 10 nitrogen and oxygen atoms in total. The van der Waals surface area contributed by atoms with E-state index in [1.807, 2.05) is 0 Å². The van der Waals surface area contributed by atoms with Gasteiger partial charge in [0.25, 0.3) is 22.7 Å². The van der Waals surface area contributed by atoms with Crippen molar-refractivity contribution in [3.05, 3.63) is 63.0 Å². The van der Waals surface area contributed by atoms with Gasteiger partial charge < -0.3 is 14.8 Å². The molecule has 31 heavy (non-hydrogen) atoms. The molecule has 0 saturated carbocycles. The van der Waals surface area contributed by atoms with Crippen molar-refractivity contribution in [2.24, 2.45) is 0 Å². The minimum absolute atomic E-state index is 0.142. The number of amides is 3. The molecule has 0 bridgehead atoms. The van der Waals surface area contributed by atoms with Crippen LogP contribution in [0, 0.1) is 10.1 Å². The molecule has 0 spiro atoms. The second-order valence-electron chi connectivity index (χ2n) is 6.30. The number of imide groups is 1. The van der Waals surface area contributed by atoms with Crippen molar-refractivity contribution in [1.29, 1.82) is 0 Å². The normalized spacial score (nSPS) is 14.6. The van der Waals surface area contributed by atoms with Gasteiger partial charge in [0.2, 0.25) is 0 Å². The number of carbonyl (C=O) groups excluding carboxylic acids is 3. The number of nitro benzene ring substituents is 1. The summed E-state index contributed by atoms with van der Waals surface area (Å²) in [6.45, 7) is -0.354. The number of rotatable bonds is 7. The van der Waals surface area contributed by atoms with E-state index >= 15 is 0 Å². The summed E-state index contributed by atoms with van der Waals surface area (Å²) in [6, 6.07) is 10.4. The van der Waals surface area contributed by atoms with Gasteiger partial charge in [0.15, 0.2) is 18.1 Å². The third-order valence-electron chi connectivity index (χ3n) is 4.17. The first-order valence-corrected chi connectivity index (χ1v) is 9.67. The lowest BCUT2D eigenvalue weighted by Gasteiger charge is -2.11. The number of non-ortho nitro benzene ring substituents is 1. The molecule has 0 atom stereocenters. The Morgan fingerprint density at radius 3 is 2.65 bits per heavy atom. The summed E-state index contributed by atoms with van der Waals surface area (Å²) in [6.07, 6.45) is 1.57. The van der Waals surface area contributed by atoms with Crippen molar-refractivity contribution < 1.29 is 28.8 Å². The number of thioether (sulfide) groups is 1. The van der Waals surface area contributed by atoms with Crippen molar-refractivity contribution in [3.63, 3.8) is 0 Å². The Kier molecular flexibility index (Phi) is 6.55. The van der Waals surface area contributed by atoms with Crippen molar-refractivity contribution in [3.8, 4) is 11.5 Å². The molecule has 1 saturated heterocycles. The predicted molar refractivity (Wildman–Crippen MR) is 114 cm³/mol. The monoisotopic (exact) mass is 443 g/mol. The molecule has 1 aliphatic rings. The summed E-state index contributed by atoms with van der Waals surface area (Å²) in [7, 11) is 2.84. The molecule has 3 amide bonds. The lowest BCUT2D eigenvalue weighted by atomic mass is 10.2. The van der Waals surface area contributed by atoms with Gasteiger partial charge in [-0.3, -0.25) is 29.4 Å². The first-order chi connectivity index (χ1) is 14.8. The third-order valence-corrected chi connectivity index (χ3v) is 5.13. The molecule has 160 valence electrons. The van der Waals surface area contributed by atoms with E-state index < -0.39 is 10.8 Å². The van der Waals surface area contributed by atoms with E-state index in [0.717, 1.165) is 16.7 Å². The average molecular weight is 443 g/mol. The van der Waals surface area contributed by atoms with E-state index in [0.29, 0.717) is 16.2 Å². The van der Waals surface area contributed by atoms with E-state index in [2.05, 4.69) is 5.32 Å². The molecule has 0 radical (unpaired) electrons. The summed E-state index contributed by atoms with van der Waals surface area (Å²) in [4.78, 5) is 47.3. The number of nitrogens with one attached hydrogen (secondary N) is 1. The quantitative estimate of drug-likeness (QED) is 0.392. The van der Waals surface area contributed by atoms with Crippen LogP contribution in [0.1, 0.15) is 5.56 Å². The van der Waals surface area contributed by atoms with E-state index in [9.17, 15) is 24.5 Å². The Labute approximate surface area is 181 Å². The molecule has 11 heteroatoms. The summed E-state index contributed by atoms with van der Waals surface area (Å²) >= 11 is 0.843. The third kappa shape index (κ3) is 5.20. The highest BCUT2D eigenvalue weighted by atomic mass is 32.2. The lowest BCUT2D eigenvalue weighted by molar-refractivity contribution is -0.384. The zero-order valence-electron chi connectivity index (χ0n) is 16.5. The van der Waals surface area contributed by atoms with Gasteiger partial charge in [-0.25, -0.2) is 0 Å². The zero-order chi connectivity index (χ0) is 22.5. The predicted octanol–water partition coefficient (Wildman–Crippen LogP) is 3.29. The molecule has 3 rings (SSSR count). The minimum atomic E-state index is -0.556. The van der Waals surface area contributed by atoms with Gasteiger partial charge in [-0.1, -0.05) is 12.1 Å². The fourth-order valence-corrected chi connectivity index (χ4v) is 3.45. The van der Waals surface area contributed by atoms with Crippen LogP contribution < -0.4 is 14.8 Å². The summed E-state index contributed by atoms with van der Waals surface area (Å²) in [5, 5.41) is 13.0. The number of nitrogens with zero attached hydrogens (tertiary/aromatic N) is 2. The molecule has 2 aromatic rings. The standard InChI is InChI=1S/C20H17N3O7S/c1-22-19(25)17(31-20(22)26)9-12-6-7-15(16(8-12)29-2)30-11-18(24)21-13-4-3-5-14(10-13)23(27)28/h3-10H,11H2,1-2H3,(H,21,24)/b17-9-. The second kappa shape index (κ2) is 9.30. The Hall–Kier alpha value is -3.86. The Balaban J connectivity index is 1.66. The van der Waals surface area contributed by atoms with Crippen LogP contribution >= 0.6 is 11.8 Å². The number of anilines is 1. The van der Waals surface area contributed by atoms with Gasteiger partial charge in [-0.2, -0.15) is 0 Å². The molecule has 1 heterocycles. The highest BCUT2D eigenvalue weighted by molar-refractivity contribution is 8.18. The topological polar surface area (TPSA) is 128 Å². The number of hydrogen-bond donors (Lipinski definition) is 1. The van der Waals surface area contributed by atoms with Crippen molar-refractivity contribution in [2.75, 3.05) is 26.1 Å². The first kappa shape index (κ1) is 21.8. The number of hydrogen-bond acceptors (Lipinski definition) is 8. The largest absolute Gasteiger partial charge is 0.493 e. The van der Waals surface area contributed by atoms with Gasteiger partial charge in [0, 0.05) is 24.9 Å². The zero-order valence-corrected chi connectivity index (χ0v) is 17.3. The van der Waals surface area contributed by atoms with Crippen LogP contribution in [0.15, 0.2) is 47.4 Å². The minimum Gasteiger partial charge on any atom is -0.493 e. The number of carbonyl (C=O) groups is 3. The summed E-state index contributed by atoms with van der Waals surface area (Å²) in [5.41, 5.74) is 0.746. The highest BCUT2D eigenvalue weighted by Gasteiger charge is 2.31. The van der Waals surface area contributed by atoms with Crippen LogP contribution in [0.25, 0.3) is 6.08 Å². The molecule has 2 aromatic carbocycles. The molecular formula is C20H17N3O7S. The van der Waals surface area contributed by atoms with Gasteiger partial charge in [0.1, 0.15) is 0 Å². The summed E-state index contributed by atoms with van der Waals surface area (Å²) in [5.74, 6) is -0.277. The molecule has 1 N–H and O–H groups in total. The fourth-order valence-electron chi connectivity index (χ4n) is 2.63. The maximum absolute atomic E-state index is 12.1. The smallest absolute Gasteiger partial charge is 0.293 e. The number of nitro groups is 1. The second-order valence-corrected chi connectivity index (χ2v) is 7.29. The highest BCUT2D eigenvalue weighted by Crippen LogP contribution is 2.33. The molecule has 0 aromatic heterocycles. The van der Waals surface area contributed by atoms with Gasteiger partial charge in [-0.05, 0) is 41.6 Å². The summed E-state index contributed by atoms with van der Waals surface area (Å²) < 4.78 is 10.8. The van der Waals surface area contributed by atoms with E-state index in [-0.39, 0.29) is 34.9 Å². The Morgan fingerprint density at radius 2 is 2.00 bits per heavy atom. The fraction of sp³-hybridized carbons (Fsp3) is 0.150. The molecule has 1 fully saturated rings. The van der Waals surface area contributed by atoms with Crippen molar-refractivity contribution in [1.82, 2.24) is 4.90 Å². The maximum Gasteiger partial charge on any atom is 0.293 e. The number of benzene rings is 2. The van der Waals surface area contributed by atoms with Gasteiger partial charge >= 0.3 is 0 Å². The van der Waals surface area contributed by atoms with Crippen LogP contribution in [-0.4, -0.2) is 47.6 Å². The van der Waals surface area contributed by atoms with Crippen LogP contribution in [0.5, 0.6) is 11.5 Å². The van der Waals surface area contributed by atoms with Crippen LogP contribution in [0.2, 0.25) is 0 Å². The van der Waals surface area contributed by atoms with E-state index in [4.69, 9.17) is 9.47 Å². The lowest BCUT2D eigenvalue weighted by Crippen LogP contribution is -2.22. The molecular weight excluding hydrogens is 426 g/mol. The Bertz CT molecular complexity index is 1100. The van der Waals surface area contributed by atoms with Crippen molar-refractivity contribution in [2.45, 2.75) is 0 Å². The SMILES string of the molecule is COc1cc(/C=C2\SC(=O)N(C)C2=O)ccc1OCC(=O)Nc1cccc([N+](=O)[O-])c1. The first-order valence-electron chi connectivity index (χ1n) is 8.85. The molecule has 1 aliphatic heterocycles. The van der Waals surface area contributed by atoms with E-state index in [1.54, 1.807) is 24.3 Å². The van der Waals surface area contributed by atoms with Crippen LogP contribution in [0.4, 0.5) is 16.2 Å². The molecule has 0 unspecified atom stereocenters. The maximum atomic E-state index is 12.1. The van der Waals surface area contributed by atoms with Gasteiger partial charge in [0.05, 0.1) is 16.9 Å². The van der Waals surface area contributed by atoms with Crippen molar-refractivity contribution >= 4 is 46.3 Å². The number of likely N-dealkylation sites (N-methyl/N-ethyl adjacent to an activating group) is 1.